The zero-order chi connectivity index (χ0) is 20.9. The van der Waals surface area contributed by atoms with Gasteiger partial charge in [0.25, 0.3) is 0 Å². The average Bonchev–Trinajstić information content (AvgIpc) is 3.41. The summed E-state index contributed by atoms with van der Waals surface area (Å²) in [5.41, 5.74) is 2.12. The van der Waals surface area contributed by atoms with Crippen molar-refractivity contribution in [1.82, 2.24) is 15.0 Å². The number of allylic oxidation sites excluding steroid dienone is 2. The van der Waals surface area contributed by atoms with Gasteiger partial charge < -0.3 is 14.2 Å². The van der Waals surface area contributed by atoms with E-state index in [0.717, 1.165) is 11.3 Å². The van der Waals surface area contributed by atoms with E-state index in [2.05, 4.69) is 10.3 Å². The highest BCUT2D eigenvalue weighted by molar-refractivity contribution is 6.42. The zero-order valence-electron chi connectivity index (χ0n) is 15.5. The van der Waals surface area contributed by atoms with Gasteiger partial charge in [0, 0.05) is 6.08 Å². The van der Waals surface area contributed by atoms with Crippen molar-refractivity contribution < 1.29 is 19.0 Å². The summed E-state index contributed by atoms with van der Waals surface area (Å²) in [5, 5.41) is 8.84. The molecule has 0 atom stereocenters. The van der Waals surface area contributed by atoms with Crippen LogP contribution in [0.1, 0.15) is 11.3 Å². The molecule has 2 aromatic carbocycles. The number of fused-ring (bicyclic) bond motifs is 1. The maximum atomic E-state index is 11.9. The largest absolute Gasteiger partial charge is 0.456 e. The minimum atomic E-state index is -0.491. The van der Waals surface area contributed by atoms with Crippen molar-refractivity contribution >= 4 is 35.2 Å². The molecule has 0 N–H and O–H groups in total. The van der Waals surface area contributed by atoms with Crippen LogP contribution in [0.4, 0.5) is 0 Å². The predicted octanol–water partition coefficient (Wildman–Crippen LogP) is 4.62. The fraction of sp³-hybridized carbons (Fsp3) is 0.0952. The number of rotatable bonds is 6. The number of nitrogens with zero attached hydrogens (tertiary/aromatic N) is 3. The Morgan fingerprint density at radius 1 is 1.10 bits per heavy atom. The lowest BCUT2D eigenvalue weighted by Gasteiger charge is -2.01. The first-order valence-corrected chi connectivity index (χ1v) is 9.62. The third kappa shape index (κ3) is 4.82. The maximum absolute atomic E-state index is 11.9. The van der Waals surface area contributed by atoms with Gasteiger partial charge in [0.2, 0.25) is 6.79 Å². The van der Waals surface area contributed by atoms with E-state index in [9.17, 15) is 4.79 Å². The summed E-state index contributed by atoms with van der Waals surface area (Å²) < 4.78 is 17.3. The molecule has 9 heteroatoms. The molecule has 1 aliphatic heterocycles. The van der Waals surface area contributed by atoms with Crippen molar-refractivity contribution in [3.63, 3.8) is 0 Å². The van der Waals surface area contributed by atoms with Crippen molar-refractivity contribution in [3.8, 4) is 17.2 Å². The molecule has 0 fully saturated rings. The average molecular weight is 444 g/mol. The topological polar surface area (TPSA) is 75.5 Å². The number of esters is 1. The third-order valence-electron chi connectivity index (χ3n) is 4.10. The van der Waals surface area contributed by atoms with E-state index in [1.165, 1.54) is 10.8 Å². The second-order valence-electron chi connectivity index (χ2n) is 6.19. The van der Waals surface area contributed by atoms with Gasteiger partial charge >= 0.3 is 5.97 Å². The summed E-state index contributed by atoms with van der Waals surface area (Å²) in [7, 11) is 0. The van der Waals surface area contributed by atoms with Crippen LogP contribution < -0.4 is 9.47 Å². The highest BCUT2D eigenvalue weighted by Crippen LogP contribution is 2.32. The molecule has 30 heavy (non-hydrogen) atoms. The molecule has 0 saturated heterocycles. The molecule has 0 radical (unpaired) electrons. The van der Waals surface area contributed by atoms with Crippen molar-refractivity contribution in [1.29, 1.82) is 0 Å². The van der Waals surface area contributed by atoms with Crippen LogP contribution in [0.3, 0.4) is 0 Å². The van der Waals surface area contributed by atoms with Gasteiger partial charge in [-0.05, 0) is 35.9 Å². The van der Waals surface area contributed by atoms with Gasteiger partial charge in [-0.15, -0.1) is 5.10 Å². The maximum Gasteiger partial charge on any atom is 0.331 e. The molecule has 3 aromatic rings. The van der Waals surface area contributed by atoms with E-state index < -0.39 is 5.97 Å². The van der Waals surface area contributed by atoms with E-state index in [4.69, 9.17) is 37.4 Å². The molecular weight excluding hydrogens is 429 g/mol. The lowest BCUT2D eigenvalue weighted by molar-refractivity contribution is -0.139. The fourth-order valence-corrected chi connectivity index (χ4v) is 2.92. The van der Waals surface area contributed by atoms with Crippen molar-refractivity contribution in [3.05, 3.63) is 82.1 Å². The van der Waals surface area contributed by atoms with Gasteiger partial charge in [-0.2, -0.15) is 0 Å². The Kier molecular flexibility index (Phi) is 6.02. The Balaban J connectivity index is 1.28. The minimum absolute atomic E-state index is 0.00360. The molecule has 0 amide bonds. The van der Waals surface area contributed by atoms with Crippen LogP contribution >= 0.6 is 23.2 Å². The molecule has 0 bridgehead atoms. The standard InChI is InChI=1S/C21H15Cl2N3O4/c22-17-7-6-16(10-18(17)23)26-11-15(24-25-26)12-28-21(27)4-2-1-3-14-5-8-19-20(9-14)30-13-29-19/h1-11H,12-13H2/b3-1+,4-2+. The highest BCUT2D eigenvalue weighted by atomic mass is 35.5. The highest BCUT2D eigenvalue weighted by Gasteiger charge is 2.12. The van der Waals surface area contributed by atoms with E-state index in [0.29, 0.717) is 27.2 Å². The summed E-state index contributed by atoms with van der Waals surface area (Å²) in [6.07, 6.45) is 8.15. The molecule has 0 saturated carbocycles. The normalized spacial score (nSPS) is 12.7. The number of ether oxygens (including phenoxy) is 3. The van der Waals surface area contributed by atoms with Gasteiger partial charge in [-0.1, -0.05) is 52.7 Å². The summed E-state index contributed by atoms with van der Waals surface area (Å²) >= 11 is 11.9. The molecular formula is C21H15Cl2N3O4. The number of benzene rings is 2. The first-order valence-electron chi connectivity index (χ1n) is 8.86. The zero-order valence-corrected chi connectivity index (χ0v) is 17.0. The van der Waals surface area contributed by atoms with Gasteiger partial charge in [0.05, 0.1) is 21.9 Å². The number of hydrogen-bond donors (Lipinski definition) is 0. The summed E-state index contributed by atoms with van der Waals surface area (Å²) in [6.45, 7) is 0.228. The molecule has 0 aliphatic carbocycles. The summed E-state index contributed by atoms with van der Waals surface area (Å²) in [4.78, 5) is 11.9. The summed E-state index contributed by atoms with van der Waals surface area (Å²) in [6, 6.07) is 10.7. The monoisotopic (exact) mass is 443 g/mol. The first-order chi connectivity index (χ1) is 14.6. The lowest BCUT2D eigenvalue weighted by Crippen LogP contribution is -2.00. The second-order valence-corrected chi connectivity index (χ2v) is 7.01. The number of halogens is 2. The number of hydrogen-bond acceptors (Lipinski definition) is 6. The van der Waals surface area contributed by atoms with Gasteiger partial charge in [-0.3, -0.25) is 0 Å². The van der Waals surface area contributed by atoms with E-state index in [-0.39, 0.29) is 13.4 Å². The Morgan fingerprint density at radius 2 is 1.97 bits per heavy atom. The van der Waals surface area contributed by atoms with Crippen LogP contribution in [-0.4, -0.2) is 27.8 Å². The lowest BCUT2D eigenvalue weighted by atomic mass is 10.2. The Labute approximate surface area is 182 Å². The van der Waals surface area contributed by atoms with Crippen LogP contribution in [0.2, 0.25) is 10.0 Å². The molecule has 0 spiro atoms. The Bertz CT molecular complexity index is 1140. The van der Waals surface area contributed by atoms with Crippen LogP contribution in [-0.2, 0) is 16.1 Å². The van der Waals surface area contributed by atoms with Crippen LogP contribution in [0.25, 0.3) is 11.8 Å². The van der Waals surface area contributed by atoms with Crippen molar-refractivity contribution in [2.24, 2.45) is 0 Å². The Hall–Kier alpha value is -3.29. The van der Waals surface area contributed by atoms with E-state index >= 15 is 0 Å². The molecule has 2 heterocycles. The fourth-order valence-electron chi connectivity index (χ4n) is 2.63. The van der Waals surface area contributed by atoms with Gasteiger partial charge in [0.1, 0.15) is 12.3 Å². The van der Waals surface area contributed by atoms with E-state index in [1.54, 1.807) is 36.5 Å². The van der Waals surface area contributed by atoms with E-state index in [1.807, 2.05) is 24.3 Å². The summed E-state index contributed by atoms with van der Waals surface area (Å²) in [5.74, 6) is 0.936. The van der Waals surface area contributed by atoms with Crippen LogP contribution in [0.15, 0.2) is 60.8 Å². The third-order valence-corrected chi connectivity index (χ3v) is 4.84. The van der Waals surface area contributed by atoms with Gasteiger partial charge in [-0.25, -0.2) is 9.48 Å². The van der Waals surface area contributed by atoms with Crippen molar-refractivity contribution in [2.45, 2.75) is 6.61 Å². The quantitative estimate of drug-likeness (QED) is 0.314. The SMILES string of the molecule is O=C(/C=C/C=C/c1ccc2c(c1)OCO2)OCc1cn(-c2ccc(Cl)c(Cl)c2)nn1. The van der Waals surface area contributed by atoms with Crippen LogP contribution in [0.5, 0.6) is 11.5 Å². The van der Waals surface area contributed by atoms with Crippen LogP contribution in [0, 0.1) is 0 Å². The number of aromatic nitrogens is 3. The molecule has 152 valence electrons. The second kappa shape index (κ2) is 9.02. The molecule has 1 aromatic heterocycles. The first kappa shape index (κ1) is 20.0. The smallest absolute Gasteiger partial charge is 0.331 e. The molecule has 4 rings (SSSR count). The number of carbonyl (C=O) groups is 1. The number of carbonyl (C=O) groups excluding carboxylic acids is 1. The minimum Gasteiger partial charge on any atom is -0.456 e. The molecule has 7 nitrogen and oxygen atoms in total. The molecule has 0 unspecified atom stereocenters. The molecule has 1 aliphatic rings. The Morgan fingerprint density at radius 3 is 2.83 bits per heavy atom. The van der Waals surface area contributed by atoms with Gasteiger partial charge in [0.15, 0.2) is 11.5 Å². The van der Waals surface area contributed by atoms with Crippen molar-refractivity contribution in [2.75, 3.05) is 6.79 Å². The predicted molar refractivity (Wildman–Crippen MR) is 112 cm³/mol.